The highest BCUT2D eigenvalue weighted by Crippen LogP contribution is 2.21. The van der Waals surface area contributed by atoms with E-state index in [0.717, 1.165) is 11.8 Å². The Bertz CT molecular complexity index is 488. The molecule has 0 aliphatic heterocycles. The van der Waals surface area contributed by atoms with Crippen LogP contribution in [0.4, 0.5) is 8.78 Å². The second-order valence-corrected chi connectivity index (χ2v) is 4.08. The highest BCUT2D eigenvalue weighted by Gasteiger charge is 2.11. The number of phenols is 1. The molecule has 8 heteroatoms. The van der Waals surface area contributed by atoms with Crippen LogP contribution in [0.3, 0.4) is 0 Å². The van der Waals surface area contributed by atoms with Crippen LogP contribution in [-0.4, -0.2) is 37.5 Å². The number of hydrogen-bond donors (Lipinski definition) is 1. The van der Waals surface area contributed by atoms with Crippen LogP contribution >= 0.6 is 11.8 Å². The number of phenolic OH excluding ortho intramolecular Hbond substituents is 1. The molecule has 0 radical (unpaired) electrons. The van der Waals surface area contributed by atoms with Gasteiger partial charge in [-0.25, -0.2) is 8.78 Å². The summed E-state index contributed by atoms with van der Waals surface area (Å²) < 4.78 is 25.5. The first-order valence-electron chi connectivity index (χ1n) is 4.65. The van der Waals surface area contributed by atoms with Gasteiger partial charge in [-0.2, -0.15) is 4.68 Å². The first-order valence-corrected chi connectivity index (χ1v) is 5.64. The topological polar surface area (TPSA) is 63.8 Å². The maximum absolute atomic E-state index is 12.1. The van der Waals surface area contributed by atoms with Crippen LogP contribution in [-0.2, 0) is 0 Å². The van der Waals surface area contributed by atoms with Gasteiger partial charge in [0, 0.05) is 0 Å². The largest absolute Gasteiger partial charge is 0.508 e. The second kappa shape index (κ2) is 5.09. The summed E-state index contributed by atoms with van der Waals surface area (Å²) in [5.74, 6) is -0.248. The molecule has 0 saturated carbocycles. The smallest absolute Gasteiger partial charge is 0.248 e. The van der Waals surface area contributed by atoms with Crippen LogP contribution in [0.15, 0.2) is 29.4 Å². The second-order valence-electron chi connectivity index (χ2n) is 3.09. The van der Waals surface area contributed by atoms with E-state index in [0.29, 0.717) is 5.69 Å². The first-order chi connectivity index (χ1) is 8.16. The molecule has 0 amide bonds. The van der Waals surface area contributed by atoms with E-state index in [9.17, 15) is 8.78 Å². The van der Waals surface area contributed by atoms with Crippen LogP contribution in [0, 0.1) is 0 Å². The lowest BCUT2D eigenvalue weighted by atomic mass is 10.3. The minimum atomic E-state index is -2.41. The molecule has 0 bridgehead atoms. The van der Waals surface area contributed by atoms with Gasteiger partial charge in [0.25, 0.3) is 0 Å². The lowest BCUT2D eigenvalue weighted by Gasteiger charge is -2.03. The highest BCUT2D eigenvalue weighted by atomic mass is 32.2. The van der Waals surface area contributed by atoms with E-state index in [1.165, 1.54) is 16.8 Å². The van der Waals surface area contributed by atoms with Crippen molar-refractivity contribution in [3.8, 4) is 11.4 Å². The lowest BCUT2D eigenvalue weighted by Crippen LogP contribution is -2.01. The van der Waals surface area contributed by atoms with E-state index >= 15 is 0 Å². The number of halogens is 2. The summed E-state index contributed by atoms with van der Waals surface area (Å²) >= 11 is 0.875. The summed E-state index contributed by atoms with van der Waals surface area (Å²) in [4.78, 5) is 0. The minimum Gasteiger partial charge on any atom is -0.508 e. The molecule has 1 N–H and O–H groups in total. The van der Waals surface area contributed by atoms with Crippen molar-refractivity contribution in [3.05, 3.63) is 24.3 Å². The summed E-state index contributed by atoms with van der Waals surface area (Å²) in [6.45, 7) is 0. The van der Waals surface area contributed by atoms with Gasteiger partial charge in [0.2, 0.25) is 11.6 Å². The van der Waals surface area contributed by atoms with Gasteiger partial charge < -0.3 is 5.11 Å². The number of thioether (sulfide) groups is 1. The fraction of sp³-hybridized carbons (Fsp3) is 0.222. The molecule has 2 aromatic rings. The Labute approximate surface area is 99.5 Å². The molecule has 0 saturated heterocycles. The minimum absolute atomic E-state index is 0.114. The molecule has 1 aromatic heterocycles. The number of alkyl halides is 2. The van der Waals surface area contributed by atoms with E-state index in [2.05, 4.69) is 15.5 Å². The molecular formula is C9H8F2N4OS. The van der Waals surface area contributed by atoms with E-state index in [1.807, 2.05) is 0 Å². The Balaban J connectivity index is 2.21. The van der Waals surface area contributed by atoms with Crippen molar-refractivity contribution in [3.63, 3.8) is 0 Å². The summed E-state index contributed by atoms with van der Waals surface area (Å²) in [5.41, 5.74) is 0.601. The Morgan fingerprint density at radius 2 is 2.00 bits per heavy atom. The van der Waals surface area contributed by atoms with Crippen molar-refractivity contribution in [1.82, 2.24) is 20.2 Å². The van der Waals surface area contributed by atoms with Gasteiger partial charge in [0.05, 0.1) is 11.4 Å². The fourth-order valence-corrected chi connectivity index (χ4v) is 1.80. The van der Waals surface area contributed by atoms with E-state index < -0.39 is 6.43 Å². The standard InChI is InChI=1S/C9H8F2N4OS/c10-8(11)5-17-9-12-13-14-15(9)6-1-3-7(16)4-2-6/h1-4,8,16H,5H2. The van der Waals surface area contributed by atoms with Crippen LogP contribution in [0.2, 0.25) is 0 Å². The maximum Gasteiger partial charge on any atom is 0.248 e. The lowest BCUT2D eigenvalue weighted by molar-refractivity contribution is 0.176. The van der Waals surface area contributed by atoms with Gasteiger partial charge in [0.1, 0.15) is 5.75 Å². The molecule has 1 heterocycles. The zero-order valence-electron chi connectivity index (χ0n) is 8.49. The number of hydrogen-bond acceptors (Lipinski definition) is 5. The SMILES string of the molecule is Oc1ccc(-n2nnnc2SCC(F)F)cc1. The highest BCUT2D eigenvalue weighted by molar-refractivity contribution is 7.99. The zero-order valence-corrected chi connectivity index (χ0v) is 9.31. The van der Waals surface area contributed by atoms with Gasteiger partial charge >= 0.3 is 0 Å². The number of tetrazole rings is 1. The molecule has 17 heavy (non-hydrogen) atoms. The monoisotopic (exact) mass is 258 g/mol. The third-order valence-electron chi connectivity index (χ3n) is 1.87. The molecule has 0 unspecified atom stereocenters. The number of rotatable bonds is 4. The zero-order chi connectivity index (χ0) is 12.3. The van der Waals surface area contributed by atoms with E-state index in [-0.39, 0.29) is 16.7 Å². The predicted molar refractivity (Wildman–Crippen MR) is 57.5 cm³/mol. The van der Waals surface area contributed by atoms with E-state index in [1.54, 1.807) is 12.1 Å². The van der Waals surface area contributed by atoms with Crippen LogP contribution in [0.1, 0.15) is 0 Å². The average Bonchev–Trinajstić information content (AvgIpc) is 2.75. The van der Waals surface area contributed by atoms with Crippen molar-refractivity contribution in [2.45, 2.75) is 11.6 Å². The Morgan fingerprint density at radius 1 is 1.29 bits per heavy atom. The summed E-state index contributed by atoms with van der Waals surface area (Å²) in [6, 6.07) is 6.13. The number of aromatic hydroxyl groups is 1. The van der Waals surface area contributed by atoms with Crippen molar-refractivity contribution < 1.29 is 13.9 Å². The first kappa shape index (κ1) is 11.8. The number of benzene rings is 1. The average molecular weight is 258 g/mol. The van der Waals surface area contributed by atoms with Crippen LogP contribution in [0.5, 0.6) is 5.75 Å². The number of nitrogens with zero attached hydrogens (tertiary/aromatic N) is 4. The molecule has 1 aromatic carbocycles. The Hall–Kier alpha value is -1.70. The maximum atomic E-state index is 12.1. The predicted octanol–water partition coefficient (Wildman–Crippen LogP) is 1.73. The molecule has 0 aliphatic carbocycles. The van der Waals surface area contributed by atoms with Gasteiger partial charge in [-0.15, -0.1) is 5.10 Å². The summed E-state index contributed by atoms with van der Waals surface area (Å²) in [6.07, 6.45) is -2.41. The third-order valence-corrected chi connectivity index (χ3v) is 2.81. The molecule has 0 spiro atoms. The summed E-state index contributed by atoms with van der Waals surface area (Å²) in [5, 5.41) is 20.2. The van der Waals surface area contributed by atoms with Crippen LogP contribution < -0.4 is 0 Å². The normalized spacial score (nSPS) is 11.0. The molecule has 2 rings (SSSR count). The summed E-state index contributed by atoms with van der Waals surface area (Å²) in [7, 11) is 0. The van der Waals surface area contributed by atoms with E-state index in [4.69, 9.17) is 5.11 Å². The van der Waals surface area contributed by atoms with Gasteiger partial charge in [-0.1, -0.05) is 11.8 Å². The third kappa shape index (κ3) is 2.90. The van der Waals surface area contributed by atoms with Gasteiger partial charge in [0.15, 0.2) is 0 Å². The Morgan fingerprint density at radius 3 is 2.65 bits per heavy atom. The van der Waals surface area contributed by atoms with Crippen molar-refractivity contribution in [2.75, 3.05) is 5.75 Å². The Kier molecular flexibility index (Phi) is 3.52. The van der Waals surface area contributed by atoms with Crippen molar-refractivity contribution in [2.24, 2.45) is 0 Å². The van der Waals surface area contributed by atoms with Crippen LogP contribution in [0.25, 0.3) is 5.69 Å². The van der Waals surface area contributed by atoms with Gasteiger partial charge in [-0.3, -0.25) is 0 Å². The molecule has 5 nitrogen and oxygen atoms in total. The molecule has 90 valence electrons. The van der Waals surface area contributed by atoms with Gasteiger partial charge in [-0.05, 0) is 34.7 Å². The molecule has 0 fully saturated rings. The van der Waals surface area contributed by atoms with Crippen molar-refractivity contribution >= 4 is 11.8 Å². The molecular weight excluding hydrogens is 250 g/mol. The fourth-order valence-electron chi connectivity index (χ4n) is 1.16. The molecule has 0 aliphatic rings. The molecule has 0 atom stereocenters. The van der Waals surface area contributed by atoms with Crippen molar-refractivity contribution in [1.29, 1.82) is 0 Å². The number of aromatic nitrogens is 4. The quantitative estimate of drug-likeness (QED) is 0.846.